The van der Waals surface area contributed by atoms with Crippen LogP contribution in [0.4, 0.5) is 4.39 Å². The van der Waals surface area contributed by atoms with Gasteiger partial charge in [0, 0.05) is 5.56 Å². The van der Waals surface area contributed by atoms with Gasteiger partial charge in [0.15, 0.2) is 0 Å². The molecule has 2 aromatic carbocycles. The van der Waals surface area contributed by atoms with Crippen LogP contribution in [0, 0.1) is 12.7 Å². The van der Waals surface area contributed by atoms with E-state index in [9.17, 15) is 4.39 Å². The van der Waals surface area contributed by atoms with Gasteiger partial charge in [-0.2, -0.15) is 5.10 Å². The van der Waals surface area contributed by atoms with Crippen LogP contribution in [0.5, 0.6) is 0 Å². The van der Waals surface area contributed by atoms with Crippen molar-refractivity contribution in [1.29, 1.82) is 0 Å². The van der Waals surface area contributed by atoms with Gasteiger partial charge in [0.2, 0.25) is 0 Å². The average Bonchev–Trinajstić information content (AvgIpc) is 2.85. The highest BCUT2D eigenvalue weighted by atomic mass is 35.5. The molecule has 3 rings (SSSR count). The van der Waals surface area contributed by atoms with Gasteiger partial charge in [-0.05, 0) is 31.2 Å². The van der Waals surface area contributed by atoms with Crippen LogP contribution in [0.3, 0.4) is 0 Å². The number of hydrogen-bond acceptors (Lipinski definition) is 1. The topological polar surface area (TPSA) is 17.8 Å². The van der Waals surface area contributed by atoms with Crippen LogP contribution in [0.1, 0.15) is 5.69 Å². The van der Waals surface area contributed by atoms with E-state index < -0.39 is 5.82 Å². The lowest BCUT2D eigenvalue weighted by Gasteiger charge is -2.08. The van der Waals surface area contributed by atoms with Gasteiger partial charge in [-0.15, -0.1) is 0 Å². The first-order chi connectivity index (χ1) is 9.65. The van der Waals surface area contributed by atoms with Gasteiger partial charge < -0.3 is 0 Å². The summed E-state index contributed by atoms with van der Waals surface area (Å²) in [5.41, 5.74) is 3.63. The fourth-order valence-electron chi connectivity index (χ4n) is 2.13. The van der Waals surface area contributed by atoms with Crippen molar-refractivity contribution in [3.8, 4) is 16.9 Å². The number of nitrogens with zero attached hydrogens (tertiary/aromatic N) is 2. The van der Waals surface area contributed by atoms with Crippen molar-refractivity contribution < 1.29 is 4.39 Å². The molecule has 0 saturated carbocycles. The van der Waals surface area contributed by atoms with Crippen molar-refractivity contribution >= 4 is 11.6 Å². The summed E-state index contributed by atoms with van der Waals surface area (Å²) in [5.74, 6) is -0.430. The van der Waals surface area contributed by atoms with Gasteiger partial charge in [-0.3, -0.25) is 0 Å². The van der Waals surface area contributed by atoms with Crippen LogP contribution in [0.2, 0.25) is 5.02 Å². The minimum atomic E-state index is -0.430. The SMILES string of the molecule is Cc1cc(-c2ccccc2)n(-c2ccc(F)c(Cl)c2)n1. The molecule has 1 heterocycles. The molecule has 4 heteroatoms. The second-order valence-corrected chi connectivity index (χ2v) is 4.95. The van der Waals surface area contributed by atoms with E-state index >= 15 is 0 Å². The lowest BCUT2D eigenvalue weighted by Crippen LogP contribution is -1.99. The maximum absolute atomic E-state index is 13.3. The highest BCUT2D eigenvalue weighted by Gasteiger charge is 2.11. The molecule has 0 radical (unpaired) electrons. The Balaban J connectivity index is 2.17. The molecule has 0 aliphatic carbocycles. The van der Waals surface area contributed by atoms with Gasteiger partial charge in [-0.1, -0.05) is 41.9 Å². The predicted molar refractivity (Wildman–Crippen MR) is 78.7 cm³/mol. The molecule has 0 unspecified atom stereocenters. The molecule has 20 heavy (non-hydrogen) atoms. The lowest BCUT2D eigenvalue weighted by molar-refractivity contribution is 0.627. The van der Waals surface area contributed by atoms with E-state index in [0.29, 0.717) is 0 Å². The van der Waals surface area contributed by atoms with Gasteiger partial charge in [-0.25, -0.2) is 9.07 Å². The van der Waals surface area contributed by atoms with Crippen molar-refractivity contribution in [2.24, 2.45) is 0 Å². The van der Waals surface area contributed by atoms with E-state index in [4.69, 9.17) is 11.6 Å². The Morgan fingerprint density at radius 3 is 2.50 bits per heavy atom. The molecule has 0 amide bonds. The third kappa shape index (κ3) is 2.32. The summed E-state index contributed by atoms with van der Waals surface area (Å²) in [5, 5.41) is 4.56. The first kappa shape index (κ1) is 12.9. The molecule has 0 bridgehead atoms. The Kier molecular flexibility index (Phi) is 3.28. The van der Waals surface area contributed by atoms with E-state index in [1.54, 1.807) is 16.8 Å². The normalized spacial score (nSPS) is 10.8. The average molecular weight is 287 g/mol. The highest BCUT2D eigenvalue weighted by molar-refractivity contribution is 6.30. The molecule has 100 valence electrons. The first-order valence-corrected chi connectivity index (χ1v) is 6.60. The zero-order valence-electron chi connectivity index (χ0n) is 10.8. The number of aryl methyl sites for hydroxylation is 1. The van der Waals surface area contributed by atoms with Crippen molar-refractivity contribution in [2.45, 2.75) is 6.92 Å². The molecule has 0 fully saturated rings. The number of benzene rings is 2. The molecular weight excluding hydrogens is 275 g/mol. The van der Waals surface area contributed by atoms with Gasteiger partial charge >= 0.3 is 0 Å². The molecular formula is C16H12ClFN2. The highest BCUT2D eigenvalue weighted by Crippen LogP contribution is 2.26. The Morgan fingerprint density at radius 1 is 1.05 bits per heavy atom. The molecule has 0 aliphatic heterocycles. The number of aromatic nitrogens is 2. The van der Waals surface area contributed by atoms with Crippen LogP contribution in [0.15, 0.2) is 54.6 Å². The smallest absolute Gasteiger partial charge is 0.141 e. The zero-order valence-corrected chi connectivity index (χ0v) is 11.6. The van der Waals surface area contributed by atoms with E-state index in [1.165, 1.54) is 6.07 Å². The van der Waals surface area contributed by atoms with Gasteiger partial charge in [0.1, 0.15) is 5.82 Å². The van der Waals surface area contributed by atoms with Crippen LogP contribution in [-0.4, -0.2) is 9.78 Å². The van der Waals surface area contributed by atoms with Crippen LogP contribution < -0.4 is 0 Å². The Bertz CT molecular complexity index is 750. The third-order valence-electron chi connectivity index (χ3n) is 3.05. The summed E-state index contributed by atoms with van der Waals surface area (Å²) in [6, 6.07) is 16.5. The largest absolute Gasteiger partial charge is 0.233 e. The second-order valence-electron chi connectivity index (χ2n) is 4.55. The van der Waals surface area contributed by atoms with Crippen LogP contribution in [-0.2, 0) is 0 Å². The Morgan fingerprint density at radius 2 is 1.80 bits per heavy atom. The van der Waals surface area contributed by atoms with Crippen molar-refractivity contribution in [3.05, 3.63) is 71.1 Å². The fourth-order valence-corrected chi connectivity index (χ4v) is 2.30. The van der Waals surface area contributed by atoms with Crippen molar-refractivity contribution in [3.63, 3.8) is 0 Å². The molecule has 0 atom stereocenters. The minimum absolute atomic E-state index is 0.0923. The summed E-state index contributed by atoms with van der Waals surface area (Å²) in [4.78, 5) is 0. The lowest BCUT2D eigenvalue weighted by atomic mass is 10.1. The monoisotopic (exact) mass is 286 g/mol. The molecule has 0 N–H and O–H groups in total. The Labute approximate surface area is 121 Å². The summed E-state index contributed by atoms with van der Waals surface area (Å²) >= 11 is 5.85. The van der Waals surface area contributed by atoms with Crippen LogP contribution >= 0.6 is 11.6 Å². The minimum Gasteiger partial charge on any atom is -0.233 e. The van der Waals surface area contributed by atoms with Crippen molar-refractivity contribution in [1.82, 2.24) is 9.78 Å². The summed E-state index contributed by atoms with van der Waals surface area (Å²) in [7, 11) is 0. The number of halogens is 2. The quantitative estimate of drug-likeness (QED) is 0.671. The summed E-state index contributed by atoms with van der Waals surface area (Å²) < 4.78 is 15.1. The van der Waals surface area contributed by atoms with E-state index in [1.807, 2.05) is 43.3 Å². The molecule has 3 aromatic rings. The van der Waals surface area contributed by atoms with E-state index in [0.717, 1.165) is 22.6 Å². The first-order valence-electron chi connectivity index (χ1n) is 6.22. The summed E-state index contributed by atoms with van der Waals surface area (Å²) in [6.07, 6.45) is 0. The summed E-state index contributed by atoms with van der Waals surface area (Å²) in [6.45, 7) is 1.92. The molecule has 2 nitrogen and oxygen atoms in total. The fraction of sp³-hybridized carbons (Fsp3) is 0.0625. The molecule has 0 spiro atoms. The molecule has 0 aliphatic rings. The molecule has 1 aromatic heterocycles. The van der Waals surface area contributed by atoms with E-state index in [-0.39, 0.29) is 5.02 Å². The molecule has 0 saturated heterocycles. The Hall–Kier alpha value is -2.13. The maximum atomic E-state index is 13.3. The standard InChI is InChI=1S/C16H12ClFN2/c1-11-9-16(12-5-3-2-4-6-12)20(19-11)13-7-8-15(18)14(17)10-13/h2-10H,1H3. The van der Waals surface area contributed by atoms with Gasteiger partial charge in [0.25, 0.3) is 0 Å². The van der Waals surface area contributed by atoms with Gasteiger partial charge in [0.05, 0.1) is 22.1 Å². The third-order valence-corrected chi connectivity index (χ3v) is 3.34. The second kappa shape index (κ2) is 5.10. The van der Waals surface area contributed by atoms with Crippen LogP contribution in [0.25, 0.3) is 16.9 Å². The van der Waals surface area contributed by atoms with Crippen molar-refractivity contribution in [2.75, 3.05) is 0 Å². The van der Waals surface area contributed by atoms with E-state index in [2.05, 4.69) is 5.10 Å². The number of rotatable bonds is 2. The zero-order chi connectivity index (χ0) is 14.1. The maximum Gasteiger partial charge on any atom is 0.141 e. The number of hydrogen-bond donors (Lipinski definition) is 0. The predicted octanol–water partition coefficient (Wildman–Crippen LogP) is 4.64.